The normalized spacial score (nSPS) is 10.3. The predicted octanol–water partition coefficient (Wildman–Crippen LogP) is 3.69. The van der Waals surface area contributed by atoms with Crippen LogP contribution in [0.5, 0.6) is 0 Å². The van der Waals surface area contributed by atoms with Crippen LogP contribution in [0.4, 0.5) is 21.9 Å². The number of rotatable bonds is 5. The molecule has 0 aliphatic heterocycles. The molecule has 2 rings (SSSR count). The van der Waals surface area contributed by atoms with E-state index < -0.39 is 16.9 Å². The highest BCUT2D eigenvalue weighted by molar-refractivity contribution is 6.07. The van der Waals surface area contributed by atoms with Crippen LogP contribution in [0.1, 0.15) is 29.8 Å². The van der Waals surface area contributed by atoms with Gasteiger partial charge in [0.05, 0.1) is 16.3 Å². The van der Waals surface area contributed by atoms with E-state index in [-0.39, 0.29) is 17.3 Å². The van der Waals surface area contributed by atoms with E-state index in [1.54, 1.807) is 31.2 Å². The maximum Gasteiger partial charge on any atom is 0.319 e. The van der Waals surface area contributed by atoms with Gasteiger partial charge in [0.25, 0.3) is 11.6 Å². The molecule has 136 valence electrons. The van der Waals surface area contributed by atoms with E-state index in [1.165, 1.54) is 18.2 Å². The minimum absolute atomic E-state index is 0.0372. The van der Waals surface area contributed by atoms with Crippen molar-refractivity contribution in [3.63, 3.8) is 0 Å². The fourth-order valence-electron chi connectivity index (χ4n) is 2.26. The average Bonchev–Trinajstić information content (AvgIpc) is 2.56. The summed E-state index contributed by atoms with van der Waals surface area (Å²) in [6, 6.07) is 10.5. The summed E-state index contributed by atoms with van der Waals surface area (Å²) in [5.41, 5.74) is 1.31. The minimum Gasteiger partial charge on any atom is -0.336 e. The molecular weight excluding hydrogens is 336 g/mol. The molecule has 0 atom stereocenters. The van der Waals surface area contributed by atoms with Crippen LogP contribution in [0, 0.1) is 17.0 Å². The van der Waals surface area contributed by atoms with E-state index in [1.807, 2.05) is 13.8 Å². The molecule has 26 heavy (non-hydrogen) atoms. The maximum atomic E-state index is 12.5. The van der Waals surface area contributed by atoms with Gasteiger partial charge in [-0.15, -0.1) is 0 Å². The van der Waals surface area contributed by atoms with Gasteiger partial charge >= 0.3 is 6.03 Å². The van der Waals surface area contributed by atoms with Crippen molar-refractivity contribution in [2.45, 2.75) is 26.8 Å². The van der Waals surface area contributed by atoms with Crippen LogP contribution in [0.15, 0.2) is 42.5 Å². The van der Waals surface area contributed by atoms with E-state index in [9.17, 15) is 19.7 Å². The molecule has 8 heteroatoms. The van der Waals surface area contributed by atoms with Gasteiger partial charge < -0.3 is 16.0 Å². The number of carbonyl (C=O) groups is 2. The number of para-hydroxylation sites is 2. The van der Waals surface area contributed by atoms with E-state index >= 15 is 0 Å². The van der Waals surface area contributed by atoms with E-state index in [4.69, 9.17) is 0 Å². The minimum atomic E-state index is -0.530. The topological polar surface area (TPSA) is 113 Å². The Hall–Kier alpha value is -3.42. The molecule has 0 unspecified atom stereocenters. The van der Waals surface area contributed by atoms with Crippen LogP contribution >= 0.6 is 0 Å². The lowest BCUT2D eigenvalue weighted by Crippen LogP contribution is -2.34. The van der Waals surface area contributed by atoms with Crippen LogP contribution in [-0.4, -0.2) is 22.9 Å². The third-order valence-electron chi connectivity index (χ3n) is 3.51. The van der Waals surface area contributed by atoms with Gasteiger partial charge in [-0.25, -0.2) is 4.79 Å². The Morgan fingerprint density at radius 3 is 2.23 bits per heavy atom. The SMILES string of the molecule is Cc1ccc(C(=O)Nc2ccccc2NC(=O)NC(C)C)cc1[N+](=O)[O-]. The Kier molecular flexibility index (Phi) is 5.90. The largest absolute Gasteiger partial charge is 0.336 e. The zero-order valence-corrected chi connectivity index (χ0v) is 14.7. The van der Waals surface area contributed by atoms with E-state index in [2.05, 4.69) is 16.0 Å². The van der Waals surface area contributed by atoms with Gasteiger partial charge in [0, 0.05) is 23.2 Å². The molecule has 0 saturated heterocycles. The number of nitro benzene ring substituents is 1. The Bertz CT molecular complexity index is 849. The number of benzene rings is 2. The van der Waals surface area contributed by atoms with Gasteiger partial charge in [-0.1, -0.05) is 18.2 Å². The summed E-state index contributed by atoms with van der Waals surface area (Å²) in [5, 5.41) is 19.1. The van der Waals surface area contributed by atoms with E-state index in [0.29, 0.717) is 16.9 Å². The Morgan fingerprint density at radius 2 is 1.65 bits per heavy atom. The highest BCUT2D eigenvalue weighted by atomic mass is 16.6. The van der Waals surface area contributed by atoms with Crippen molar-refractivity contribution >= 4 is 29.0 Å². The van der Waals surface area contributed by atoms with Crippen molar-refractivity contribution in [2.75, 3.05) is 10.6 Å². The monoisotopic (exact) mass is 356 g/mol. The first-order chi connectivity index (χ1) is 12.3. The summed E-state index contributed by atoms with van der Waals surface area (Å²) < 4.78 is 0. The number of amides is 3. The first kappa shape index (κ1) is 18.9. The first-order valence-electron chi connectivity index (χ1n) is 8.01. The zero-order chi connectivity index (χ0) is 19.3. The third kappa shape index (κ3) is 4.79. The Morgan fingerprint density at radius 1 is 1.04 bits per heavy atom. The summed E-state index contributed by atoms with van der Waals surface area (Å²) in [4.78, 5) is 34.8. The lowest BCUT2D eigenvalue weighted by atomic mass is 10.1. The molecular formula is C18H20N4O4. The number of hydrogen-bond donors (Lipinski definition) is 3. The van der Waals surface area contributed by atoms with Crippen LogP contribution < -0.4 is 16.0 Å². The summed E-state index contributed by atoms with van der Waals surface area (Å²) >= 11 is 0. The second-order valence-corrected chi connectivity index (χ2v) is 6.01. The molecule has 0 saturated carbocycles. The molecule has 2 aromatic rings. The van der Waals surface area contributed by atoms with Crippen LogP contribution in [0.25, 0.3) is 0 Å². The molecule has 0 aliphatic rings. The molecule has 3 amide bonds. The number of nitrogens with one attached hydrogen (secondary N) is 3. The van der Waals surface area contributed by atoms with Gasteiger partial charge in [0.1, 0.15) is 0 Å². The molecule has 0 fully saturated rings. The fraction of sp³-hybridized carbons (Fsp3) is 0.222. The Balaban J connectivity index is 2.21. The first-order valence-corrected chi connectivity index (χ1v) is 8.01. The molecule has 3 N–H and O–H groups in total. The van der Waals surface area contributed by atoms with E-state index in [0.717, 1.165) is 0 Å². The molecule has 0 spiro atoms. The number of carbonyl (C=O) groups excluding carboxylic acids is 2. The molecule has 0 bridgehead atoms. The second kappa shape index (κ2) is 8.11. The van der Waals surface area contributed by atoms with Gasteiger partial charge in [-0.2, -0.15) is 0 Å². The molecule has 0 aliphatic carbocycles. The Labute approximate surface area is 150 Å². The van der Waals surface area contributed by atoms with Crippen molar-refractivity contribution < 1.29 is 14.5 Å². The molecule has 2 aromatic carbocycles. The van der Waals surface area contributed by atoms with Gasteiger partial charge in [-0.3, -0.25) is 14.9 Å². The van der Waals surface area contributed by atoms with Crippen molar-refractivity contribution in [3.8, 4) is 0 Å². The molecule has 0 aromatic heterocycles. The highest BCUT2D eigenvalue weighted by Gasteiger charge is 2.16. The number of nitro groups is 1. The summed E-state index contributed by atoms with van der Waals surface area (Å²) in [5.74, 6) is -0.508. The molecule has 8 nitrogen and oxygen atoms in total. The summed E-state index contributed by atoms with van der Waals surface area (Å²) in [6.07, 6.45) is 0. The van der Waals surface area contributed by atoms with Gasteiger partial charge in [0.2, 0.25) is 0 Å². The number of urea groups is 1. The fourth-order valence-corrected chi connectivity index (χ4v) is 2.26. The van der Waals surface area contributed by atoms with Gasteiger partial charge in [0.15, 0.2) is 0 Å². The lowest BCUT2D eigenvalue weighted by Gasteiger charge is -2.14. The number of aryl methyl sites for hydroxylation is 1. The van der Waals surface area contributed by atoms with Crippen molar-refractivity contribution in [3.05, 3.63) is 63.7 Å². The molecule has 0 radical (unpaired) electrons. The number of nitrogens with zero attached hydrogens (tertiary/aromatic N) is 1. The summed E-state index contributed by atoms with van der Waals surface area (Å²) in [7, 11) is 0. The standard InChI is InChI=1S/C18H20N4O4/c1-11(2)19-18(24)21-15-7-5-4-6-14(15)20-17(23)13-9-8-12(3)16(10-13)22(25)26/h4-11H,1-3H3,(H,20,23)(H2,19,21,24). The van der Waals surface area contributed by atoms with Crippen LogP contribution in [-0.2, 0) is 0 Å². The van der Waals surface area contributed by atoms with Crippen molar-refractivity contribution in [2.24, 2.45) is 0 Å². The van der Waals surface area contributed by atoms with Crippen LogP contribution in [0.3, 0.4) is 0 Å². The van der Waals surface area contributed by atoms with Gasteiger partial charge in [-0.05, 0) is 39.0 Å². The predicted molar refractivity (Wildman–Crippen MR) is 99.5 cm³/mol. The third-order valence-corrected chi connectivity index (χ3v) is 3.51. The number of anilines is 2. The average molecular weight is 356 g/mol. The highest BCUT2D eigenvalue weighted by Crippen LogP contribution is 2.23. The summed E-state index contributed by atoms with van der Waals surface area (Å²) in [6.45, 7) is 5.27. The maximum absolute atomic E-state index is 12.5. The zero-order valence-electron chi connectivity index (χ0n) is 14.7. The lowest BCUT2D eigenvalue weighted by molar-refractivity contribution is -0.385. The number of hydrogen-bond acceptors (Lipinski definition) is 4. The second-order valence-electron chi connectivity index (χ2n) is 6.01. The van der Waals surface area contributed by atoms with Crippen molar-refractivity contribution in [1.82, 2.24) is 5.32 Å². The smallest absolute Gasteiger partial charge is 0.319 e. The van der Waals surface area contributed by atoms with Crippen molar-refractivity contribution in [1.29, 1.82) is 0 Å². The van der Waals surface area contributed by atoms with Crippen LogP contribution in [0.2, 0.25) is 0 Å². The quantitative estimate of drug-likeness (QED) is 0.560. The molecule has 0 heterocycles.